The zero-order valence-corrected chi connectivity index (χ0v) is 9.66. The van der Waals surface area contributed by atoms with Crippen LogP contribution >= 0.6 is 0 Å². The molecule has 84 valence electrons. The Hall–Kier alpha value is -1.89. The second-order valence-electron chi connectivity index (χ2n) is 4.44. The summed E-state index contributed by atoms with van der Waals surface area (Å²) in [5.74, 6) is 0.499. The maximum Gasteiger partial charge on any atom is 0.0817 e. The highest BCUT2D eigenvalue weighted by Gasteiger charge is 2.26. The van der Waals surface area contributed by atoms with E-state index in [1.54, 1.807) is 0 Å². The highest BCUT2D eigenvalue weighted by Crippen LogP contribution is 2.39. The third-order valence-corrected chi connectivity index (χ3v) is 3.38. The Morgan fingerprint density at radius 3 is 2.00 bits per heavy atom. The van der Waals surface area contributed by atoms with Crippen LogP contribution in [-0.2, 0) is 0 Å². The topological polar surface area (TPSA) is 12.4 Å². The highest BCUT2D eigenvalue weighted by atomic mass is 14.8. The first kappa shape index (κ1) is 10.3. The predicted octanol–water partition coefficient (Wildman–Crippen LogP) is 3.99. The van der Waals surface area contributed by atoms with Crippen molar-refractivity contribution in [3.63, 3.8) is 0 Å². The van der Waals surface area contributed by atoms with Crippen LogP contribution < -0.4 is 0 Å². The number of aliphatic imine (C=N–C) groups is 1. The van der Waals surface area contributed by atoms with Gasteiger partial charge in [-0.1, -0.05) is 60.7 Å². The van der Waals surface area contributed by atoms with E-state index >= 15 is 0 Å². The van der Waals surface area contributed by atoms with Gasteiger partial charge in [-0.05, 0) is 17.5 Å². The zero-order chi connectivity index (χ0) is 11.5. The Balaban J connectivity index is 1.93. The molecule has 0 unspecified atom stereocenters. The van der Waals surface area contributed by atoms with Gasteiger partial charge < -0.3 is 0 Å². The van der Waals surface area contributed by atoms with Crippen molar-refractivity contribution in [2.24, 2.45) is 4.99 Å². The molecule has 2 aromatic rings. The molecule has 0 bridgehead atoms. The van der Waals surface area contributed by atoms with Crippen molar-refractivity contribution in [1.29, 1.82) is 0 Å². The van der Waals surface area contributed by atoms with Crippen molar-refractivity contribution >= 4 is 6.21 Å². The van der Waals surface area contributed by atoms with Crippen LogP contribution in [0.1, 0.15) is 29.5 Å². The molecule has 1 aliphatic heterocycles. The van der Waals surface area contributed by atoms with E-state index < -0.39 is 0 Å². The van der Waals surface area contributed by atoms with Gasteiger partial charge in [0.15, 0.2) is 0 Å². The fourth-order valence-corrected chi connectivity index (χ4v) is 2.51. The molecule has 0 aliphatic carbocycles. The maximum absolute atomic E-state index is 4.64. The van der Waals surface area contributed by atoms with Crippen molar-refractivity contribution in [1.82, 2.24) is 0 Å². The lowest BCUT2D eigenvalue weighted by molar-refractivity contribution is 0.615. The van der Waals surface area contributed by atoms with Crippen molar-refractivity contribution in [2.45, 2.75) is 18.4 Å². The summed E-state index contributed by atoms with van der Waals surface area (Å²) in [6.07, 6.45) is 3.11. The summed E-state index contributed by atoms with van der Waals surface area (Å²) in [7, 11) is 0. The van der Waals surface area contributed by atoms with Crippen molar-refractivity contribution in [3.05, 3.63) is 71.8 Å². The first-order valence-electron chi connectivity index (χ1n) is 6.06. The summed E-state index contributed by atoms with van der Waals surface area (Å²) in [6, 6.07) is 21.5. The summed E-state index contributed by atoms with van der Waals surface area (Å²) in [5.41, 5.74) is 2.70. The quantitative estimate of drug-likeness (QED) is 0.727. The fraction of sp³-hybridized carbons (Fsp3) is 0.188. The van der Waals surface area contributed by atoms with Crippen LogP contribution in [0.3, 0.4) is 0 Å². The monoisotopic (exact) mass is 221 g/mol. The third kappa shape index (κ3) is 2.01. The van der Waals surface area contributed by atoms with Gasteiger partial charge in [0, 0.05) is 12.1 Å². The summed E-state index contributed by atoms with van der Waals surface area (Å²) >= 11 is 0. The minimum atomic E-state index is 0.290. The lowest BCUT2D eigenvalue weighted by atomic mass is 9.87. The second-order valence-corrected chi connectivity index (χ2v) is 4.44. The number of hydrogen-bond donors (Lipinski definition) is 0. The summed E-state index contributed by atoms with van der Waals surface area (Å²) < 4.78 is 0. The number of benzene rings is 2. The van der Waals surface area contributed by atoms with E-state index in [2.05, 4.69) is 71.9 Å². The molecular formula is C16H15N. The van der Waals surface area contributed by atoms with Crippen molar-refractivity contribution in [2.75, 3.05) is 0 Å². The molecule has 1 heterocycles. The zero-order valence-electron chi connectivity index (χ0n) is 9.66. The normalized spacial score (nSPS) is 22.8. The molecule has 0 radical (unpaired) electrons. The molecule has 0 saturated heterocycles. The largest absolute Gasteiger partial charge is 0.289 e. The average Bonchev–Trinajstić information content (AvgIpc) is 2.90. The van der Waals surface area contributed by atoms with Gasteiger partial charge in [0.05, 0.1) is 6.04 Å². The van der Waals surface area contributed by atoms with Gasteiger partial charge in [-0.15, -0.1) is 0 Å². The van der Waals surface area contributed by atoms with E-state index in [4.69, 9.17) is 0 Å². The maximum atomic E-state index is 4.64. The molecule has 17 heavy (non-hydrogen) atoms. The lowest BCUT2D eigenvalue weighted by Crippen LogP contribution is -2.04. The molecular weight excluding hydrogens is 206 g/mol. The molecule has 1 nitrogen and oxygen atoms in total. The number of nitrogens with zero attached hydrogens (tertiary/aromatic N) is 1. The highest BCUT2D eigenvalue weighted by molar-refractivity contribution is 5.63. The molecule has 1 heteroatoms. The third-order valence-electron chi connectivity index (χ3n) is 3.38. The molecule has 0 amide bonds. The van der Waals surface area contributed by atoms with Gasteiger partial charge in [0.1, 0.15) is 0 Å². The fourth-order valence-electron chi connectivity index (χ4n) is 2.51. The molecule has 0 spiro atoms. The van der Waals surface area contributed by atoms with E-state index in [-0.39, 0.29) is 0 Å². The first-order valence-corrected chi connectivity index (χ1v) is 6.06. The van der Waals surface area contributed by atoms with Gasteiger partial charge in [-0.25, -0.2) is 0 Å². The van der Waals surface area contributed by atoms with Crippen LogP contribution in [0.4, 0.5) is 0 Å². The number of rotatable bonds is 2. The summed E-state index contributed by atoms with van der Waals surface area (Å²) in [4.78, 5) is 4.64. The van der Waals surface area contributed by atoms with Gasteiger partial charge >= 0.3 is 0 Å². The van der Waals surface area contributed by atoms with E-state index in [0.29, 0.717) is 12.0 Å². The Morgan fingerprint density at radius 2 is 1.35 bits per heavy atom. The standard InChI is InChI=1S/C16H15N/c1-3-7-13(8-4-1)15-11-12-17-16(15)14-9-5-2-6-10-14/h1-10,12,15-16H,11H2/t15-,16+/m0/s1. The predicted molar refractivity (Wildman–Crippen MR) is 71.5 cm³/mol. The van der Waals surface area contributed by atoms with Crippen molar-refractivity contribution < 1.29 is 0 Å². The molecule has 0 saturated carbocycles. The minimum Gasteiger partial charge on any atom is -0.289 e. The molecule has 3 rings (SSSR count). The smallest absolute Gasteiger partial charge is 0.0817 e. The Morgan fingerprint density at radius 1 is 0.765 bits per heavy atom. The molecule has 0 fully saturated rings. The van der Waals surface area contributed by atoms with Crippen molar-refractivity contribution in [3.8, 4) is 0 Å². The first-order chi connectivity index (χ1) is 8.45. The van der Waals surface area contributed by atoms with Gasteiger partial charge in [0.2, 0.25) is 0 Å². The van der Waals surface area contributed by atoms with Gasteiger partial charge in [0.25, 0.3) is 0 Å². The summed E-state index contributed by atoms with van der Waals surface area (Å²) in [5, 5.41) is 0. The SMILES string of the molecule is C1=N[C@H](c2ccccc2)[C@H](c2ccccc2)C1. The molecule has 0 aromatic heterocycles. The molecule has 2 aromatic carbocycles. The second kappa shape index (κ2) is 4.54. The number of hydrogen-bond acceptors (Lipinski definition) is 1. The van der Waals surface area contributed by atoms with Crippen LogP contribution in [0.15, 0.2) is 65.7 Å². The molecule has 0 N–H and O–H groups in total. The van der Waals surface area contributed by atoms with E-state index in [9.17, 15) is 0 Å². The van der Waals surface area contributed by atoms with Crippen LogP contribution in [-0.4, -0.2) is 6.21 Å². The van der Waals surface area contributed by atoms with Crippen LogP contribution in [0.5, 0.6) is 0 Å². The Kier molecular flexibility index (Phi) is 2.74. The molecule has 1 aliphatic rings. The van der Waals surface area contributed by atoms with Gasteiger partial charge in [-0.2, -0.15) is 0 Å². The Bertz CT molecular complexity index is 502. The Labute approximate surface area is 102 Å². The van der Waals surface area contributed by atoms with Crippen LogP contribution in [0.2, 0.25) is 0 Å². The lowest BCUT2D eigenvalue weighted by Gasteiger charge is -2.18. The van der Waals surface area contributed by atoms with Crippen LogP contribution in [0.25, 0.3) is 0 Å². The van der Waals surface area contributed by atoms with Crippen LogP contribution in [0, 0.1) is 0 Å². The van der Waals surface area contributed by atoms with E-state index in [1.807, 2.05) is 0 Å². The van der Waals surface area contributed by atoms with E-state index in [1.165, 1.54) is 11.1 Å². The van der Waals surface area contributed by atoms with E-state index in [0.717, 1.165) is 6.42 Å². The minimum absolute atomic E-state index is 0.290. The average molecular weight is 221 g/mol. The molecule has 2 atom stereocenters. The van der Waals surface area contributed by atoms with Gasteiger partial charge in [-0.3, -0.25) is 4.99 Å². The summed E-state index contributed by atoms with van der Waals surface area (Å²) in [6.45, 7) is 0.